The number of halogens is 1. The molecule has 190 valence electrons. The summed E-state index contributed by atoms with van der Waals surface area (Å²) in [4.78, 5) is 8.09. The molecule has 3 aromatic heterocycles. The number of rotatable bonds is 9. The van der Waals surface area contributed by atoms with Gasteiger partial charge >= 0.3 is 0 Å². The van der Waals surface area contributed by atoms with Gasteiger partial charge in [-0.2, -0.15) is 0 Å². The highest BCUT2D eigenvalue weighted by atomic mass is 79.9. The first kappa shape index (κ1) is 25.8. The highest BCUT2D eigenvalue weighted by Crippen LogP contribution is 2.37. The number of aliphatic hydroxyl groups is 1. The average molecular weight is 578 g/mol. The molecule has 0 aliphatic rings. The number of para-hydroxylation sites is 1. The summed E-state index contributed by atoms with van der Waals surface area (Å²) in [5.74, 6) is 0.973. The highest BCUT2D eigenvalue weighted by Gasteiger charge is 2.35. The summed E-state index contributed by atoms with van der Waals surface area (Å²) < 4.78 is 45.6. The van der Waals surface area contributed by atoms with Crippen LogP contribution in [0.2, 0.25) is 0 Å². The van der Waals surface area contributed by atoms with E-state index < -0.39 is 26.9 Å². The first-order chi connectivity index (χ1) is 17.0. The van der Waals surface area contributed by atoms with Gasteiger partial charge in [0.2, 0.25) is 5.82 Å². The molecule has 0 aliphatic heterocycles. The molecule has 1 atom stereocenters. The van der Waals surface area contributed by atoms with Gasteiger partial charge in [-0.3, -0.25) is 4.57 Å². The standard InChI is InChI=1S/C23H24BrN5O6S/c1-14-8-9-18(35-14)21-28-27-19(29(21)20-16(33-3)6-5-7-17(20)34-4)12-36(31,32)13-23(2,30)22-25-10-15(24)11-26-22/h5-11,30H,12-13H2,1-4H3/t23-/m0/s1. The van der Waals surface area contributed by atoms with E-state index in [-0.39, 0.29) is 17.5 Å². The minimum absolute atomic E-state index is 0.0195. The predicted molar refractivity (Wildman–Crippen MR) is 134 cm³/mol. The van der Waals surface area contributed by atoms with Gasteiger partial charge in [-0.25, -0.2) is 18.4 Å². The molecule has 3 heterocycles. The van der Waals surface area contributed by atoms with E-state index in [1.807, 2.05) is 0 Å². The Kier molecular flexibility index (Phi) is 7.16. The van der Waals surface area contributed by atoms with Crippen LogP contribution in [0.5, 0.6) is 11.5 Å². The van der Waals surface area contributed by atoms with E-state index in [2.05, 4.69) is 36.1 Å². The molecule has 0 radical (unpaired) electrons. The summed E-state index contributed by atoms with van der Waals surface area (Å²) in [7, 11) is -0.979. The average Bonchev–Trinajstić information content (AvgIpc) is 3.43. The smallest absolute Gasteiger partial charge is 0.204 e. The fourth-order valence-electron chi connectivity index (χ4n) is 3.74. The maximum Gasteiger partial charge on any atom is 0.204 e. The Labute approximate surface area is 216 Å². The van der Waals surface area contributed by atoms with E-state index >= 15 is 0 Å². The van der Waals surface area contributed by atoms with E-state index in [1.165, 1.54) is 38.1 Å². The summed E-state index contributed by atoms with van der Waals surface area (Å²) in [5.41, 5.74) is -1.43. The van der Waals surface area contributed by atoms with Crippen molar-refractivity contribution in [2.75, 3.05) is 20.0 Å². The van der Waals surface area contributed by atoms with Crippen LogP contribution >= 0.6 is 15.9 Å². The number of nitrogens with zero attached hydrogens (tertiary/aromatic N) is 5. The van der Waals surface area contributed by atoms with Crippen molar-refractivity contribution in [3.63, 3.8) is 0 Å². The van der Waals surface area contributed by atoms with Crippen molar-refractivity contribution >= 4 is 25.8 Å². The maximum atomic E-state index is 13.3. The number of sulfone groups is 1. The number of hydrogen-bond acceptors (Lipinski definition) is 10. The molecule has 0 spiro atoms. The van der Waals surface area contributed by atoms with E-state index in [0.717, 1.165) is 0 Å². The molecule has 0 saturated heterocycles. The topological polar surface area (TPSA) is 142 Å². The minimum Gasteiger partial charge on any atom is -0.494 e. The summed E-state index contributed by atoms with van der Waals surface area (Å²) in [6, 6.07) is 8.64. The molecule has 13 heteroatoms. The van der Waals surface area contributed by atoms with Crippen molar-refractivity contribution in [1.82, 2.24) is 24.7 Å². The zero-order chi connectivity index (χ0) is 26.1. The Bertz CT molecular complexity index is 1460. The molecule has 0 fully saturated rings. The van der Waals surface area contributed by atoms with Crippen LogP contribution in [0, 0.1) is 6.92 Å². The number of ether oxygens (including phenoxy) is 2. The first-order valence-corrected chi connectivity index (χ1v) is 13.3. The molecule has 0 amide bonds. The Hall–Kier alpha value is -3.29. The number of aryl methyl sites for hydroxylation is 1. The zero-order valence-corrected chi connectivity index (χ0v) is 22.4. The maximum absolute atomic E-state index is 13.3. The van der Waals surface area contributed by atoms with Crippen molar-refractivity contribution in [3.8, 4) is 28.8 Å². The van der Waals surface area contributed by atoms with Crippen LogP contribution in [0.1, 0.15) is 24.3 Å². The first-order valence-electron chi connectivity index (χ1n) is 10.7. The normalized spacial score (nSPS) is 13.4. The SMILES string of the molecule is COc1cccc(OC)c1-n1c(CS(=O)(=O)C[C@](C)(O)c2ncc(Br)cn2)nnc1-c1ccc(C)o1. The van der Waals surface area contributed by atoms with Crippen LogP contribution < -0.4 is 9.47 Å². The molecule has 11 nitrogen and oxygen atoms in total. The monoisotopic (exact) mass is 577 g/mol. The predicted octanol–water partition coefficient (Wildman–Crippen LogP) is 3.23. The minimum atomic E-state index is -3.96. The van der Waals surface area contributed by atoms with Crippen molar-refractivity contribution in [3.05, 3.63) is 64.6 Å². The van der Waals surface area contributed by atoms with E-state index in [0.29, 0.717) is 33.2 Å². The second kappa shape index (κ2) is 9.99. The molecular formula is C23H24BrN5O6S. The van der Waals surface area contributed by atoms with E-state index in [1.54, 1.807) is 37.3 Å². The number of furan rings is 1. The lowest BCUT2D eigenvalue weighted by Gasteiger charge is -2.21. The van der Waals surface area contributed by atoms with Crippen molar-refractivity contribution in [1.29, 1.82) is 0 Å². The molecule has 4 rings (SSSR count). The summed E-state index contributed by atoms with van der Waals surface area (Å²) in [5, 5.41) is 19.3. The fraction of sp³-hybridized carbons (Fsp3) is 0.304. The van der Waals surface area contributed by atoms with Crippen molar-refractivity contribution < 1.29 is 27.4 Å². The molecule has 0 bridgehead atoms. The van der Waals surface area contributed by atoms with E-state index in [4.69, 9.17) is 13.9 Å². The molecule has 1 N–H and O–H groups in total. The third kappa shape index (κ3) is 5.27. The third-order valence-corrected chi connectivity index (χ3v) is 7.38. The lowest BCUT2D eigenvalue weighted by Crippen LogP contribution is -2.34. The van der Waals surface area contributed by atoms with Crippen molar-refractivity contribution in [2.45, 2.75) is 25.2 Å². The summed E-state index contributed by atoms with van der Waals surface area (Å²) in [6.07, 6.45) is 2.87. The van der Waals surface area contributed by atoms with Crippen molar-refractivity contribution in [2.24, 2.45) is 0 Å². The second-order valence-electron chi connectivity index (χ2n) is 8.23. The summed E-state index contributed by atoms with van der Waals surface area (Å²) >= 11 is 3.22. The van der Waals surface area contributed by atoms with Crippen LogP contribution in [0.25, 0.3) is 17.3 Å². The molecular weight excluding hydrogens is 554 g/mol. The van der Waals surface area contributed by atoms with Gasteiger partial charge in [0.05, 0.1) is 24.4 Å². The third-order valence-electron chi connectivity index (χ3n) is 5.27. The summed E-state index contributed by atoms with van der Waals surface area (Å²) in [6.45, 7) is 3.13. The quantitative estimate of drug-likeness (QED) is 0.315. The van der Waals surface area contributed by atoms with Gasteiger partial charge in [-0.1, -0.05) is 6.07 Å². The van der Waals surface area contributed by atoms with E-state index in [9.17, 15) is 13.5 Å². The molecule has 0 aliphatic carbocycles. The van der Waals surface area contributed by atoms with Gasteiger partial charge in [0.25, 0.3) is 0 Å². The Morgan fingerprint density at radius 1 is 1.08 bits per heavy atom. The van der Waals surface area contributed by atoms with Gasteiger partial charge in [-0.15, -0.1) is 10.2 Å². The molecule has 0 saturated carbocycles. The molecule has 36 heavy (non-hydrogen) atoms. The van der Waals surface area contributed by atoms with Crippen LogP contribution in [0.4, 0.5) is 0 Å². The van der Waals surface area contributed by atoms with Gasteiger partial charge < -0.3 is 19.0 Å². The van der Waals surface area contributed by atoms with Gasteiger partial charge in [-0.05, 0) is 54.0 Å². The number of aromatic nitrogens is 5. The van der Waals surface area contributed by atoms with Crippen LogP contribution in [0.15, 0.2) is 51.6 Å². The largest absolute Gasteiger partial charge is 0.494 e. The Morgan fingerprint density at radius 3 is 2.28 bits per heavy atom. The number of benzene rings is 1. The molecule has 0 unspecified atom stereocenters. The zero-order valence-electron chi connectivity index (χ0n) is 20.0. The second-order valence-corrected chi connectivity index (χ2v) is 11.2. The number of hydrogen-bond donors (Lipinski definition) is 1. The van der Waals surface area contributed by atoms with Gasteiger partial charge in [0, 0.05) is 12.4 Å². The molecule has 1 aromatic carbocycles. The van der Waals surface area contributed by atoms with Gasteiger partial charge in [0.15, 0.2) is 27.2 Å². The van der Waals surface area contributed by atoms with Gasteiger partial charge in [0.1, 0.15) is 34.3 Å². The van der Waals surface area contributed by atoms with Crippen LogP contribution in [-0.4, -0.2) is 58.2 Å². The molecule has 4 aromatic rings. The Morgan fingerprint density at radius 2 is 1.72 bits per heavy atom. The lowest BCUT2D eigenvalue weighted by molar-refractivity contribution is 0.0719. The Balaban J connectivity index is 1.80. The van der Waals surface area contributed by atoms with Crippen LogP contribution in [0.3, 0.4) is 0 Å². The lowest BCUT2D eigenvalue weighted by atomic mass is 10.1. The number of methoxy groups -OCH3 is 2. The highest BCUT2D eigenvalue weighted by molar-refractivity contribution is 9.10. The fourth-order valence-corrected chi connectivity index (χ4v) is 5.61. The van der Waals surface area contributed by atoms with Crippen LogP contribution in [-0.2, 0) is 21.2 Å².